The van der Waals surface area contributed by atoms with E-state index in [4.69, 9.17) is 14.7 Å². The van der Waals surface area contributed by atoms with Crippen LogP contribution >= 0.6 is 0 Å². The topological polar surface area (TPSA) is 128 Å². The van der Waals surface area contributed by atoms with Crippen molar-refractivity contribution in [2.24, 2.45) is 11.8 Å². The molecule has 0 N–H and O–H groups in total. The van der Waals surface area contributed by atoms with E-state index in [0.717, 1.165) is 93.2 Å². The lowest BCUT2D eigenvalue weighted by Gasteiger charge is -2.61. The number of alkyl halides is 1. The Hall–Kier alpha value is -7.31. The summed E-state index contributed by atoms with van der Waals surface area (Å²) in [6.45, 7) is 8.25. The van der Waals surface area contributed by atoms with Gasteiger partial charge in [0.1, 0.15) is 5.82 Å². The summed E-state index contributed by atoms with van der Waals surface area (Å²) in [5, 5.41) is 0. The summed E-state index contributed by atoms with van der Waals surface area (Å²) in [6, 6.07) is 40.9. The van der Waals surface area contributed by atoms with Crippen molar-refractivity contribution in [2.45, 2.75) is 173 Å². The number of benzene rings is 3. The lowest BCUT2D eigenvalue weighted by molar-refractivity contribution is -0.155. The van der Waals surface area contributed by atoms with Crippen molar-refractivity contribution < 1.29 is 23.5 Å². The van der Waals surface area contributed by atoms with Crippen LogP contribution in [0.25, 0.3) is 0 Å². The Morgan fingerprint density at radius 3 is 1.15 bits per heavy atom. The fourth-order valence-corrected chi connectivity index (χ4v) is 18.3. The van der Waals surface area contributed by atoms with Crippen LogP contribution in [-0.4, -0.2) is 179 Å². The first kappa shape index (κ1) is 64.4. The highest BCUT2D eigenvalue weighted by molar-refractivity contribution is 5.98. The minimum atomic E-state index is -1.47. The van der Waals surface area contributed by atoms with E-state index >= 15 is 4.39 Å². The van der Waals surface area contributed by atoms with E-state index in [-0.39, 0.29) is 65.5 Å². The highest BCUT2D eigenvalue weighted by Gasteiger charge is 2.69. The van der Waals surface area contributed by atoms with Crippen molar-refractivity contribution in [2.75, 3.05) is 109 Å². The van der Waals surface area contributed by atoms with Gasteiger partial charge in [0.15, 0.2) is 5.67 Å². The molecular weight excluding hydrogens is 1210 g/mol. The number of aromatic nitrogens is 3. The van der Waals surface area contributed by atoms with Gasteiger partial charge in [0.25, 0.3) is 0 Å². The standard InChI is InChI=1S/C27H33FN4O2.C27H34N4O.C26H32N4O/c1-19-11-22(20-9-10-20)29-12-23(19)31-16-26(32(24(31)33)15-25(28)17-34-18-25)13-27(14-26,30(2)3)21-7-5-4-6-8-21;1-19-13-23(21-11-12-21)28-14-24(19)30-18-26(31(25(30)32)15-20-9-10-20)16-27(17-26,29(2)3)22-7-5-4-6-8-22;1-28(2)26(22-6-4-3-5-7-22)16-25(17-26)18-29(24(31)30(25)15-19-8-9-19)23-13-12-21(14-27-23)20-10-11-20/h4-8,11-12,20H,9-10,13-18H2,1-3H3;4-8,13-14,20-21H,9-12,15-18H2,1-3H3;3-7,12-14,19-20H,8-11,15-18H2,1-2H3. The summed E-state index contributed by atoms with van der Waals surface area (Å²) in [6.07, 6.45) is 23.7. The average molecular weight is 1310 g/mol. The molecular formula is C80H99FN12O4. The number of hydrogen-bond donors (Lipinski definition) is 0. The molecule has 3 aromatic carbocycles. The van der Waals surface area contributed by atoms with E-state index in [2.05, 4.69) is 195 Å². The van der Waals surface area contributed by atoms with E-state index in [1.165, 1.54) is 97.7 Å². The number of hydrogen-bond acceptors (Lipinski definition) is 10. The number of urea groups is 3. The molecule has 8 aliphatic carbocycles. The van der Waals surface area contributed by atoms with Crippen molar-refractivity contribution in [3.8, 4) is 0 Å². The van der Waals surface area contributed by atoms with Crippen LogP contribution in [0.15, 0.2) is 134 Å². The summed E-state index contributed by atoms with van der Waals surface area (Å²) in [5.74, 6) is 4.05. The average Bonchev–Trinajstić information content (AvgIpc) is 1.63. The van der Waals surface area contributed by atoms with Crippen LogP contribution in [0, 0.1) is 25.7 Å². The van der Waals surface area contributed by atoms with E-state index in [1.807, 2.05) is 44.3 Å². The maximum Gasteiger partial charge on any atom is 0.326 e. The van der Waals surface area contributed by atoms with Crippen molar-refractivity contribution >= 4 is 35.3 Å². The fraction of sp³-hybridized carbons (Fsp3) is 0.550. The van der Waals surface area contributed by atoms with Crippen LogP contribution in [0.2, 0.25) is 0 Å². The Balaban J connectivity index is 0.000000114. The van der Waals surface area contributed by atoms with E-state index < -0.39 is 11.2 Å². The number of halogens is 1. The second kappa shape index (κ2) is 24.0. The van der Waals surface area contributed by atoms with Gasteiger partial charge in [-0.2, -0.15) is 0 Å². The van der Waals surface area contributed by atoms with Crippen molar-refractivity contribution in [3.63, 3.8) is 0 Å². The minimum Gasteiger partial charge on any atom is -0.374 e. The smallest absolute Gasteiger partial charge is 0.326 e. The Bertz CT molecular complexity index is 3920. The van der Waals surface area contributed by atoms with Gasteiger partial charge in [0, 0.05) is 42.5 Å². The van der Waals surface area contributed by atoms with Gasteiger partial charge >= 0.3 is 18.1 Å². The number of carbonyl (C=O) groups excluding carboxylic acids is 3. The normalized spacial score (nSPS) is 30.1. The highest BCUT2D eigenvalue weighted by atomic mass is 19.1. The molecule has 3 spiro atoms. The van der Waals surface area contributed by atoms with E-state index in [9.17, 15) is 14.4 Å². The maximum absolute atomic E-state index is 15.3. The molecule has 0 radical (unpaired) electrons. The summed E-state index contributed by atoms with van der Waals surface area (Å²) >= 11 is 0. The van der Waals surface area contributed by atoms with E-state index in [1.54, 1.807) is 0 Å². The molecule has 4 saturated heterocycles. The molecule has 6 amide bonds. The van der Waals surface area contributed by atoms with Crippen LogP contribution in [0.5, 0.6) is 0 Å². The van der Waals surface area contributed by atoms with Gasteiger partial charge in [0.05, 0.1) is 96.4 Å². The van der Waals surface area contributed by atoms with E-state index in [0.29, 0.717) is 36.1 Å². The Morgan fingerprint density at radius 2 is 0.825 bits per heavy atom. The Kier molecular flexibility index (Phi) is 15.9. The van der Waals surface area contributed by atoms with Gasteiger partial charge < -0.3 is 19.4 Å². The highest BCUT2D eigenvalue weighted by Crippen LogP contribution is 2.61. The van der Waals surface area contributed by atoms with Gasteiger partial charge in [-0.1, -0.05) is 97.1 Å². The molecule has 8 saturated carbocycles. The van der Waals surface area contributed by atoms with Gasteiger partial charge in [-0.05, 0) is 228 Å². The molecule has 16 nitrogen and oxygen atoms in total. The third-order valence-electron chi connectivity index (χ3n) is 25.0. The van der Waals surface area contributed by atoms with Crippen LogP contribution in [0.3, 0.4) is 0 Å². The maximum atomic E-state index is 15.3. The van der Waals surface area contributed by atoms with Gasteiger partial charge in [-0.25, -0.2) is 23.8 Å². The second-order valence-electron chi connectivity index (χ2n) is 32.6. The Labute approximate surface area is 573 Å². The molecule has 0 atom stereocenters. The number of anilines is 3. The number of pyridine rings is 3. The number of ether oxygens (including phenoxy) is 1. The molecule has 12 aliphatic rings. The molecule has 18 rings (SSSR count). The number of rotatable bonds is 18. The zero-order valence-electron chi connectivity index (χ0n) is 58.4. The molecule has 4 aliphatic heterocycles. The third kappa shape index (κ3) is 11.4. The van der Waals surface area contributed by atoms with Crippen LogP contribution in [0.4, 0.5) is 36.0 Å². The van der Waals surface area contributed by atoms with Crippen LogP contribution in [0.1, 0.15) is 165 Å². The first-order chi connectivity index (χ1) is 46.7. The lowest BCUT2D eigenvalue weighted by atomic mass is 9.58. The zero-order chi connectivity index (χ0) is 67.0. The number of aryl methyl sites for hydroxylation is 2. The number of nitrogens with zero attached hydrogens (tertiary/aromatic N) is 12. The minimum absolute atomic E-state index is 0.0113. The Morgan fingerprint density at radius 1 is 0.454 bits per heavy atom. The first-order valence-electron chi connectivity index (χ1n) is 36.3. The second-order valence-corrected chi connectivity index (χ2v) is 32.6. The van der Waals surface area contributed by atoms with Gasteiger partial charge in [-0.3, -0.25) is 39.4 Å². The van der Waals surface area contributed by atoms with Crippen molar-refractivity contribution in [1.29, 1.82) is 0 Å². The number of carbonyl (C=O) groups is 3. The summed E-state index contributed by atoms with van der Waals surface area (Å²) in [4.78, 5) is 74.5. The van der Waals surface area contributed by atoms with Crippen LogP contribution < -0.4 is 14.7 Å². The third-order valence-corrected chi connectivity index (χ3v) is 25.0. The largest absolute Gasteiger partial charge is 0.374 e. The van der Waals surface area contributed by atoms with Gasteiger partial charge in [0.2, 0.25) is 0 Å². The molecule has 97 heavy (non-hydrogen) atoms. The lowest BCUT2D eigenvalue weighted by Crippen LogP contribution is -2.70. The fourth-order valence-electron chi connectivity index (χ4n) is 18.3. The quantitative estimate of drug-likeness (QED) is 0.0820. The van der Waals surface area contributed by atoms with Gasteiger partial charge in [-0.15, -0.1) is 0 Å². The molecule has 7 heterocycles. The van der Waals surface area contributed by atoms with Crippen molar-refractivity contribution in [1.82, 2.24) is 44.4 Å². The molecule has 12 fully saturated rings. The monoisotopic (exact) mass is 1310 g/mol. The van der Waals surface area contributed by atoms with Crippen LogP contribution in [-0.2, 0) is 21.4 Å². The number of amides is 6. The molecule has 3 aromatic heterocycles. The molecule has 510 valence electrons. The molecule has 6 aromatic rings. The SMILES string of the molecule is CN(C)C1(c2ccccc2)CC2(CN(c3ccc(C4CC4)cn3)C(=O)N2CC2CC2)C1.Cc1cc(C2CC2)ncc1N1CC2(CC(c3ccccc3)(N(C)C)C2)N(CC2(F)COC2)C1=O.Cc1cc(C2CC2)ncc1N1CC2(CC(c3ccccc3)(N(C)C)C2)N(CC2CC2)C1=O. The first-order valence-corrected chi connectivity index (χ1v) is 36.3. The van der Waals surface area contributed by atoms with Crippen molar-refractivity contribution in [3.05, 3.63) is 179 Å². The summed E-state index contributed by atoms with van der Waals surface area (Å²) < 4.78 is 20.5. The molecule has 0 unspecified atom stereocenters. The summed E-state index contributed by atoms with van der Waals surface area (Å²) in [7, 11) is 12.9. The predicted molar refractivity (Wildman–Crippen MR) is 378 cm³/mol. The summed E-state index contributed by atoms with van der Waals surface area (Å²) in [5.41, 5.74) is 9.38. The predicted octanol–water partition coefficient (Wildman–Crippen LogP) is 13.7. The molecule has 17 heteroatoms. The molecule has 0 bridgehead atoms. The zero-order valence-corrected chi connectivity index (χ0v) is 58.4.